The largest absolute Gasteiger partial charge is 0.495 e. The van der Waals surface area contributed by atoms with Gasteiger partial charge in [0.15, 0.2) is 0 Å². The first-order valence-electron chi connectivity index (χ1n) is 10.7. The fourth-order valence-electron chi connectivity index (χ4n) is 4.24. The van der Waals surface area contributed by atoms with Gasteiger partial charge in [-0.25, -0.2) is 8.42 Å². The Kier molecular flexibility index (Phi) is 6.45. The third-order valence-electron chi connectivity index (χ3n) is 6.19. The number of benzene rings is 2. The Labute approximate surface area is 195 Å². The second-order valence-corrected chi connectivity index (χ2v) is 11.0. The first kappa shape index (κ1) is 22.6. The molecule has 5 nitrogen and oxygen atoms in total. The summed E-state index contributed by atoms with van der Waals surface area (Å²) in [7, 11) is -2.18. The maximum Gasteiger partial charge on any atom is 0.259 e. The summed E-state index contributed by atoms with van der Waals surface area (Å²) in [5.74, 6) is 0.588. The smallest absolute Gasteiger partial charge is 0.259 e. The molecular formula is C25H27ClN2O3S. The molecule has 32 heavy (non-hydrogen) atoms. The number of methoxy groups -OCH3 is 1. The highest BCUT2D eigenvalue weighted by Gasteiger charge is 2.47. The van der Waals surface area contributed by atoms with Crippen molar-refractivity contribution in [3.05, 3.63) is 82.4 Å². The normalized spacial score (nSPS) is 21.2. The van der Waals surface area contributed by atoms with Crippen LogP contribution in [0.3, 0.4) is 0 Å². The van der Waals surface area contributed by atoms with Gasteiger partial charge in [0.05, 0.1) is 18.7 Å². The van der Waals surface area contributed by atoms with Gasteiger partial charge in [-0.2, -0.15) is 9.52 Å². The summed E-state index contributed by atoms with van der Waals surface area (Å²) in [4.78, 5) is 0. The molecule has 2 aromatic carbocycles. The zero-order chi connectivity index (χ0) is 22.8. The third-order valence-corrected chi connectivity index (χ3v) is 8.86. The van der Waals surface area contributed by atoms with Crippen molar-refractivity contribution in [3.8, 4) is 5.75 Å². The summed E-state index contributed by atoms with van der Waals surface area (Å²) in [6, 6.07) is 15.5. The molecule has 2 aromatic rings. The average molecular weight is 471 g/mol. The minimum absolute atomic E-state index is 0.336. The SMILES string of the molecule is COc1ccc(C2=CC=C(Cc3ccccc3)[C@@](C)(S(=O)(=O)N3CCCC=N3)C2)cc1Cl. The Morgan fingerprint density at radius 3 is 2.59 bits per heavy atom. The second kappa shape index (κ2) is 9.12. The van der Waals surface area contributed by atoms with E-state index in [1.807, 2.05) is 67.6 Å². The molecule has 2 aliphatic rings. The molecule has 1 aliphatic heterocycles. The monoisotopic (exact) mass is 470 g/mol. The van der Waals surface area contributed by atoms with Crippen LogP contribution in [0.25, 0.3) is 5.57 Å². The third kappa shape index (κ3) is 4.21. The lowest BCUT2D eigenvalue weighted by Crippen LogP contribution is -2.48. The van der Waals surface area contributed by atoms with Crippen LogP contribution in [0.5, 0.6) is 5.75 Å². The van der Waals surface area contributed by atoms with E-state index in [-0.39, 0.29) is 0 Å². The van der Waals surface area contributed by atoms with E-state index < -0.39 is 14.8 Å². The molecule has 1 aliphatic carbocycles. The lowest BCUT2D eigenvalue weighted by atomic mass is 9.82. The van der Waals surface area contributed by atoms with Gasteiger partial charge in [-0.05, 0) is 67.0 Å². The first-order chi connectivity index (χ1) is 15.3. The van der Waals surface area contributed by atoms with Crippen molar-refractivity contribution in [2.24, 2.45) is 5.10 Å². The van der Waals surface area contributed by atoms with Gasteiger partial charge >= 0.3 is 0 Å². The summed E-state index contributed by atoms with van der Waals surface area (Å²) < 4.78 is 33.2. The van der Waals surface area contributed by atoms with E-state index in [1.54, 1.807) is 13.3 Å². The van der Waals surface area contributed by atoms with Crippen LogP contribution in [0.4, 0.5) is 0 Å². The molecule has 0 radical (unpaired) electrons. The van der Waals surface area contributed by atoms with E-state index in [0.29, 0.717) is 30.2 Å². The summed E-state index contributed by atoms with van der Waals surface area (Å²) >= 11 is 6.35. The van der Waals surface area contributed by atoms with Crippen LogP contribution in [-0.4, -0.2) is 37.4 Å². The van der Waals surface area contributed by atoms with Crippen molar-refractivity contribution in [2.45, 2.75) is 37.4 Å². The first-order valence-corrected chi connectivity index (χ1v) is 12.5. The Balaban J connectivity index is 1.78. The highest BCUT2D eigenvalue weighted by atomic mass is 35.5. The van der Waals surface area contributed by atoms with E-state index in [9.17, 15) is 8.42 Å². The van der Waals surface area contributed by atoms with Crippen LogP contribution < -0.4 is 4.74 Å². The minimum atomic E-state index is -3.75. The van der Waals surface area contributed by atoms with Gasteiger partial charge in [0, 0.05) is 6.21 Å². The second-order valence-electron chi connectivity index (χ2n) is 8.29. The number of rotatable bonds is 6. The molecule has 7 heteroatoms. The quantitative estimate of drug-likeness (QED) is 0.562. The van der Waals surface area contributed by atoms with E-state index in [2.05, 4.69) is 5.10 Å². The van der Waals surface area contributed by atoms with E-state index >= 15 is 0 Å². The number of ether oxygens (including phenoxy) is 1. The van der Waals surface area contributed by atoms with Crippen LogP contribution in [0.2, 0.25) is 5.02 Å². The van der Waals surface area contributed by atoms with Gasteiger partial charge in [0.2, 0.25) is 0 Å². The zero-order valence-electron chi connectivity index (χ0n) is 18.3. The molecule has 0 fully saturated rings. The van der Waals surface area contributed by atoms with Crippen molar-refractivity contribution in [1.29, 1.82) is 0 Å². The van der Waals surface area contributed by atoms with Gasteiger partial charge in [-0.1, -0.05) is 60.2 Å². The summed E-state index contributed by atoms with van der Waals surface area (Å²) in [5, 5.41) is 4.73. The maximum atomic E-state index is 13.9. The number of sulfonamides is 1. The van der Waals surface area contributed by atoms with E-state index in [1.165, 1.54) is 4.41 Å². The standard InChI is InChI=1S/C25H27ClN2O3S/c1-25(32(29,30)28-15-7-6-14-27-28)18-21(20-11-13-24(31-2)23(26)17-20)10-12-22(25)16-19-8-4-3-5-9-19/h3-5,8-14,17H,6-7,15-16,18H2,1-2H3/t25-/m0/s1. The number of hydrogen-bond donors (Lipinski definition) is 0. The fourth-order valence-corrected chi connectivity index (χ4v) is 6.33. The van der Waals surface area contributed by atoms with Crippen molar-refractivity contribution >= 4 is 33.4 Å². The van der Waals surface area contributed by atoms with Crippen molar-refractivity contribution < 1.29 is 13.2 Å². The molecule has 0 N–H and O–H groups in total. The predicted octanol–water partition coefficient (Wildman–Crippen LogP) is 5.47. The van der Waals surface area contributed by atoms with Crippen molar-refractivity contribution in [1.82, 2.24) is 4.41 Å². The van der Waals surface area contributed by atoms with Crippen LogP contribution in [0.1, 0.15) is 37.3 Å². The molecule has 168 valence electrons. The predicted molar refractivity (Wildman–Crippen MR) is 131 cm³/mol. The lowest BCUT2D eigenvalue weighted by Gasteiger charge is -2.39. The molecule has 0 unspecified atom stereocenters. The van der Waals surface area contributed by atoms with Gasteiger partial charge in [0.25, 0.3) is 10.0 Å². The highest BCUT2D eigenvalue weighted by Crippen LogP contribution is 2.44. The molecule has 0 spiro atoms. The Morgan fingerprint density at radius 1 is 1.16 bits per heavy atom. The van der Waals surface area contributed by atoms with E-state index in [0.717, 1.165) is 35.1 Å². The number of hydrogen-bond acceptors (Lipinski definition) is 4. The van der Waals surface area contributed by atoms with Gasteiger partial charge in [-0.3, -0.25) is 0 Å². The number of halogens is 1. The summed E-state index contributed by atoms with van der Waals surface area (Å²) in [6.07, 6.45) is 8.11. The maximum absolute atomic E-state index is 13.9. The van der Waals surface area contributed by atoms with Crippen LogP contribution in [0, 0.1) is 0 Å². The molecule has 0 saturated heterocycles. The minimum Gasteiger partial charge on any atom is -0.495 e. The molecule has 0 saturated carbocycles. The van der Waals surface area contributed by atoms with Crippen LogP contribution >= 0.6 is 11.6 Å². The fraction of sp³-hybridized carbons (Fsp3) is 0.320. The molecular weight excluding hydrogens is 444 g/mol. The highest BCUT2D eigenvalue weighted by molar-refractivity contribution is 7.90. The van der Waals surface area contributed by atoms with Gasteiger partial charge < -0.3 is 4.74 Å². The van der Waals surface area contributed by atoms with Gasteiger partial charge in [-0.15, -0.1) is 0 Å². The number of allylic oxidation sites excluding steroid dienone is 3. The summed E-state index contributed by atoms with van der Waals surface area (Å²) in [6.45, 7) is 2.22. The Bertz CT molecular complexity index is 1190. The molecule has 0 amide bonds. The molecule has 4 rings (SSSR count). The zero-order valence-corrected chi connectivity index (χ0v) is 19.9. The van der Waals surface area contributed by atoms with Gasteiger partial charge in [0.1, 0.15) is 10.5 Å². The Morgan fingerprint density at radius 2 is 1.94 bits per heavy atom. The molecule has 1 atom stereocenters. The van der Waals surface area contributed by atoms with Crippen LogP contribution in [-0.2, 0) is 16.4 Å². The Hall–Kier alpha value is -2.57. The molecule has 0 aromatic heterocycles. The van der Waals surface area contributed by atoms with Crippen LogP contribution in [0.15, 0.2) is 71.4 Å². The molecule has 1 heterocycles. The lowest BCUT2D eigenvalue weighted by molar-refractivity contribution is 0.395. The summed E-state index contributed by atoms with van der Waals surface area (Å²) in [5.41, 5.74) is 3.73. The average Bonchev–Trinajstić information content (AvgIpc) is 2.81. The molecule has 0 bridgehead atoms. The number of nitrogens with zero attached hydrogens (tertiary/aromatic N) is 2. The topological polar surface area (TPSA) is 59.0 Å². The van der Waals surface area contributed by atoms with Crippen molar-refractivity contribution in [3.63, 3.8) is 0 Å². The van der Waals surface area contributed by atoms with E-state index in [4.69, 9.17) is 16.3 Å². The number of hydrazone groups is 1. The van der Waals surface area contributed by atoms with Crippen molar-refractivity contribution in [2.75, 3.05) is 13.7 Å².